The number of nitrogens with one attached hydrogen (secondary N) is 1. The van der Waals surface area contributed by atoms with Crippen molar-refractivity contribution in [1.82, 2.24) is 5.32 Å². The normalized spacial score (nSPS) is 31.9. The van der Waals surface area contributed by atoms with Crippen molar-refractivity contribution in [1.29, 1.82) is 0 Å². The number of ether oxygens (including phenoxy) is 2. The second kappa shape index (κ2) is 7.15. The molecule has 3 aliphatic heterocycles. The molecule has 168 valence electrons. The van der Waals surface area contributed by atoms with E-state index in [0.717, 1.165) is 0 Å². The minimum Gasteiger partial charge on any atom is -0.410 e. The highest BCUT2D eigenvalue weighted by atomic mass is 16.6. The monoisotopic (exact) mass is 445 g/mol. The van der Waals surface area contributed by atoms with Gasteiger partial charge in [0, 0.05) is 12.1 Å². The molecule has 0 saturated carbocycles. The number of nitrogens with zero attached hydrogens (tertiary/aromatic N) is 2. The first-order chi connectivity index (χ1) is 15.7. The fraction of sp³-hybridized carbons (Fsp3) is 0.360. The number of fused-ring (bicyclic) bond motifs is 5. The Balaban J connectivity index is 1.42. The molecule has 5 atom stereocenters. The zero-order valence-corrected chi connectivity index (χ0v) is 18.5. The number of hydrogen-bond donors (Lipinski definition) is 1. The minimum absolute atomic E-state index is 0.309. The van der Waals surface area contributed by atoms with E-state index < -0.39 is 35.2 Å². The van der Waals surface area contributed by atoms with Gasteiger partial charge in [-0.15, -0.1) is 0 Å². The van der Waals surface area contributed by atoms with Crippen LogP contribution in [0, 0.1) is 25.3 Å². The summed E-state index contributed by atoms with van der Waals surface area (Å²) < 4.78 is 11.6. The van der Waals surface area contributed by atoms with Crippen molar-refractivity contribution in [3.8, 4) is 5.75 Å². The smallest absolute Gasteiger partial charge is 0.410 e. The topological polar surface area (TPSA) is 89.3 Å². The van der Waals surface area contributed by atoms with Crippen LogP contribution in [0.15, 0.2) is 48.5 Å². The third-order valence-electron chi connectivity index (χ3n) is 7.14. The van der Waals surface area contributed by atoms with Gasteiger partial charge in [-0.1, -0.05) is 24.3 Å². The minimum atomic E-state index is -1.05. The summed E-state index contributed by atoms with van der Waals surface area (Å²) >= 11 is 0. The average Bonchev–Trinajstić information content (AvgIpc) is 3.29. The number of carbonyl (C=O) groups is 3. The van der Waals surface area contributed by atoms with E-state index in [0.29, 0.717) is 29.1 Å². The lowest BCUT2D eigenvalue weighted by Crippen LogP contribution is -2.56. The molecular formula is C25H23N3O5. The van der Waals surface area contributed by atoms with E-state index >= 15 is 0 Å². The molecule has 0 aliphatic carbocycles. The first kappa shape index (κ1) is 21.2. The van der Waals surface area contributed by atoms with E-state index in [1.54, 1.807) is 56.3 Å². The lowest BCUT2D eigenvalue weighted by molar-refractivity contribution is -0.129. The number of anilines is 1. The third kappa shape index (κ3) is 3.04. The molecule has 2 bridgehead atoms. The molecule has 3 saturated heterocycles. The van der Waals surface area contributed by atoms with E-state index in [1.165, 1.54) is 4.90 Å². The van der Waals surface area contributed by atoms with Crippen LogP contribution in [0.2, 0.25) is 0 Å². The highest BCUT2D eigenvalue weighted by molar-refractivity contribution is 6.23. The van der Waals surface area contributed by atoms with E-state index in [2.05, 4.69) is 10.2 Å². The van der Waals surface area contributed by atoms with Crippen LogP contribution in [0.4, 0.5) is 16.2 Å². The summed E-state index contributed by atoms with van der Waals surface area (Å²) in [6, 6.07) is 13.1. The molecule has 0 radical (unpaired) electrons. The van der Waals surface area contributed by atoms with E-state index in [4.69, 9.17) is 16.0 Å². The third-order valence-corrected chi connectivity index (χ3v) is 7.14. The van der Waals surface area contributed by atoms with Crippen LogP contribution in [0.3, 0.4) is 0 Å². The summed E-state index contributed by atoms with van der Waals surface area (Å²) in [4.78, 5) is 44.2. The van der Waals surface area contributed by atoms with Gasteiger partial charge in [0.2, 0.25) is 11.8 Å². The van der Waals surface area contributed by atoms with Crippen molar-refractivity contribution >= 4 is 29.3 Å². The Bertz CT molecular complexity index is 1220. The standard InChI is InChI=1S/C25H23N3O5/c1-14-12-15(10-11-17(14)26-4)28-21(29)19-20(22(28)30)25(3)18(13-24(19,2)33-25)27-23(31)32-16-8-6-5-7-9-16/h5-12,18-20H,13H2,1-3H3,(H,27,31)/t18-,19-,20+,24?,25?/m0/s1. The van der Waals surface area contributed by atoms with Crippen LogP contribution >= 0.6 is 0 Å². The highest BCUT2D eigenvalue weighted by Gasteiger charge is 2.76. The van der Waals surface area contributed by atoms with Gasteiger partial charge in [0.25, 0.3) is 0 Å². The maximum Gasteiger partial charge on any atom is 0.412 e. The first-order valence-corrected chi connectivity index (χ1v) is 10.8. The number of imide groups is 1. The van der Waals surface area contributed by atoms with Gasteiger partial charge in [0.15, 0.2) is 5.69 Å². The largest absolute Gasteiger partial charge is 0.412 e. The predicted octanol–water partition coefficient (Wildman–Crippen LogP) is 3.76. The van der Waals surface area contributed by atoms with Crippen molar-refractivity contribution < 1.29 is 23.9 Å². The summed E-state index contributed by atoms with van der Waals surface area (Å²) in [5.74, 6) is -1.62. The molecule has 3 fully saturated rings. The van der Waals surface area contributed by atoms with Crippen LogP contribution in [0.25, 0.3) is 4.85 Å². The molecule has 3 amide bonds. The number of para-hydroxylation sites is 1. The second-order valence-electron chi connectivity index (χ2n) is 9.25. The molecule has 33 heavy (non-hydrogen) atoms. The van der Waals surface area contributed by atoms with E-state index in [1.807, 2.05) is 13.0 Å². The maximum atomic E-state index is 13.5. The Kier molecular flexibility index (Phi) is 4.59. The number of hydrogen-bond acceptors (Lipinski definition) is 5. The van der Waals surface area contributed by atoms with Crippen molar-refractivity contribution in [2.24, 2.45) is 11.8 Å². The quantitative estimate of drug-likeness (QED) is 0.574. The molecule has 8 heteroatoms. The molecule has 0 spiro atoms. The molecule has 5 rings (SSSR count). The zero-order valence-electron chi connectivity index (χ0n) is 18.5. The number of benzene rings is 2. The number of carbonyl (C=O) groups excluding carboxylic acids is 3. The number of amides is 3. The molecule has 3 heterocycles. The van der Waals surface area contributed by atoms with Gasteiger partial charge in [0.1, 0.15) is 5.75 Å². The van der Waals surface area contributed by atoms with Crippen LogP contribution < -0.4 is 15.0 Å². The molecule has 2 unspecified atom stereocenters. The van der Waals surface area contributed by atoms with Gasteiger partial charge >= 0.3 is 6.09 Å². The van der Waals surface area contributed by atoms with Gasteiger partial charge < -0.3 is 14.8 Å². The first-order valence-electron chi connectivity index (χ1n) is 10.8. The summed E-state index contributed by atoms with van der Waals surface area (Å²) in [5.41, 5.74) is -0.329. The van der Waals surface area contributed by atoms with Crippen LogP contribution in [-0.2, 0) is 14.3 Å². The predicted molar refractivity (Wildman–Crippen MR) is 119 cm³/mol. The van der Waals surface area contributed by atoms with Crippen LogP contribution in [0.5, 0.6) is 5.75 Å². The Hall–Kier alpha value is -3.70. The van der Waals surface area contributed by atoms with Crippen molar-refractivity contribution in [3.63, 3.8) is 0 Å². The molecule has 0 aromatic heterocycles. The lowest BCUT2D eigenvalue weighted by Gasteiger charge is -2.35. The maximum absolute atomic E-state index is 13.5. The summed E-state index contributed by atoms with van der Waals surface area (Å²) in [5, 5.41) is 2.85. The van der Waals surface area contributed by atoms with Crippen LogP contribution in [-0.4, -0.2) is 35.2 Å². The van der Waals surface area contributed by atoms with E-state index in [9.17, 15) is 14.4 Å². The highest BCUT2D eigenvalue weighted by Crippen LogP contribution is 2.61. The molecule has 8 nitrogen and oxygen atoms in total. The molecule has 2 aromatic rings. The van der Waals surface area contributed by atoms with Gasteiger partial charge in [-0.05, 0) is 50.6 Å². The van der Waals surface area contributed by atoms with Gasteiger partial charge in [0.05, 0.1) is 35.7 Å². The molecular weight excluding hydrogens is 422 g/mol. The Morgan fingerprint density at radius 2 is 1.85 bits per heavy atom. The summed E-state index contributed by atoms with van der Waals surface area (Å²) in [6.07, 6.45) is -0.250. The van der Waals surface area contributed by atoms with Gasteiger partial charge in [-0.25, -0.2) is 14.5 Å². The van der Waals surface area contributed by atoms with Crippen molar-refractivity contribution in [3.05, 3.63) is 65.5 Å². The average molecular weight is 445 g/mol. The zero-order chi connectivity index (χ0) is 23.5. The molecule has 3 aliphatic rings. The fourth-order valence-electron chi connectivity index (χ4n) is 5.68. The Labute approximate surface area is 191 Å². The molecule has 2 aromatic carbocycles. The molecule has 1 N–H and O–H groups in total. The fourth-order valence-corrected chi connectivity index (χ4v) is 5.68. The SMILES string of the molecule is [C-]#[N+]c1ccc(N2C(=O)[C@@H]3[C@H](C2=O)C2(C)OC3(C)C[C@@H]2NC(=O)Oc2ccccc2)cc1C. The van der Waals surface area contributed by atoms with Crippen molar-refractivity contribution in [2.45, 2.75) is 44.4 Å². The summed E-state index contributed by atoms with van der Waals surface area (Å²) in [7, 11) is 0. The lowest BCUT2D eigenvalue weighted by atomic mass is 9.66. The summed E-state index contributed by atoms with van der Waals surface area (Å²) in [6.45, 7) is 12.6. The van der Waals surface area contributed by atoms with Gasteiger partial charge in [-0.3, -0.25) is 9.59 Å². The Morgan fingerprint density at radius 1 is 1.15 bits per heavy atom. The van der Waals surface area contributed by atoms with Gasteiger partial charge in [-0.2, -0.15) is 0 Å². The second-order valence-corrected chi connectivity index (χ2v) is 9.25. The van der Waals surface area contributed by atoms with E-state index in [-0.39, 0.29) is 11.8 Å². The number of aryl methyl sites for hydroxylation is 1. The number of rotatable bonds is 3. The van der Waals surface area contributed by atoms with Crippen molar-refractivity contribution in [2.75, 3.05) is 4.90 Å². The van der Waals surface area contributed by atoms with Crippen LogP contribution in [0.1, 0.15) is 25.8 Å². The Morgan fingerprint density at radius 3 is 2.52 bits per heavy atom.